The zero-order valence-electron chi connectivity index (χ0n) is 7.81. The molecule has 0 fully saturated rings. The van der Waals surface area contributed by atoms with Gasteiger partial charge in [-0.1, -0.05) is 12.1 Å². The zero-order valence-corrected chi connectivity index (χ0v) is 7.81. The van der Waals surface area contributed by atoms with E-state index in [1.54, 1.807) is 0 Å². The van der Waals surface area contributed by atoms with Crippen LogP contribution in [0.2, 0.25) is 0 Å². The fourth-order valence-electron chi connectivity index (χ4n) is 1.78. The van der Waals surface area contributed by atoms with Crippen LogP contribution in [0.25, 0.3) is 21.9 Å². The summed E-state index contributed by atoms with van der Waals surface area (Å²) in [5, 5.41) is 1.16. The molecule has 0 unspecified atom stereocenters. The number of hydrogen-bond donors (Lipinski definition) is 0. The third kappa shape index (κ3) is 0.865. The summed E-state index contributed by atoms with van der Waals surface area (Å²) in [6, 6.07) is 8.09. The Labute approximate surface area is 81.0 Å². The van der Waals surface area contributed by atoms with Gasteiger partial charge in [0.1, 0.15) is 0 Å². The molecule has 1 aromatic carbocycles. The van der Waals surface area contributed by atoms with Crippen molar-refractivity contribution in [3.05, 3.63) is 36.8 Å². The number of benzene rings is 1. The highest BCUT2D eigenvalue weighted by atomic mass is 15.0. The van der Waals surface area contributed by atoms with Gasteiger partial charge in [-0.3, -0.25) is 4.98 Å². The van der Waals surface area contributed by atoms with Gasteiger partial charge in [0.2, 0.25) is 0 Å². The second-order valence-electron chi connectivity index (χ2n) is 3.36. The third-order valence-electron chi connectivity index (χ3n) is 2.45. The van der Waals surface area contributed by atoms with Gasteiger partial charge < -0.3 is 4.57 Å². The van der Waals surface area contributed by atoms with Crippen LogP contribution < -0.4 is 0 Å². The summed E-state index contributed by atoms with van der Waals surface area (Å²) < 4.78 is 2.00. The first-order chi connectivity index (χ1) is 6.86. The van der Waals surface area contributed by atoms with Gasteiger partial charge >= 0.3 is 0 Å². The van der Waals surface area contributed by atoms with Crippen LogP contribution in [0.1, 0.15) is 0 Å². The molecule has 0 bridgehead atoms. The molecule has 0 aliphatic heterocycles. The summed E-state index contributed by atoms with van der Waals surface area (Å²) in [5.41, 5.74) is 3.12. The number of fused-ring (bicyclic) bond motifs is 3. The molecular formula is C11H9N3. The normalized spacial score (nSPS) is 11.2. The Morgan fingerprint density at radius 2 is 2.07 bits per heavy atom. The summed E-state index contributed by atoms with van der Waals surface area (Å²) in [6.45, 7) is 0. The average molecular weight is 183 g/mol. The van der Waals surface area contributed by atoms with Crippen molar-refractivity contribution >= 4 is 21.9 Å². The third-order valence-corrected chi connectivity index (χ3v) is 2.45. The molecule has 2 heterocycles. The van der Waals surface area contributed by atoms with Crippen LogP contribution in [0.15, 0.2) is 36.8 Å². The maximum absolute atomic E-state index is 4.38. The van der Waals surface area contributed by atoms with E-state index in [1.165, 1.54) is 0 Å². The summed E-state index contributed by atoms with van der Waals surface area (Å²) >= 11 is 0. The van der Waals surface area contributed by atoms with Gasteiger partial charge in [-0.15, -0.1) is 0 Å². The van der Waals surface area contributed by atoms with Gasteiger partial charge in [-0.05, 0) is 12.1 Å². The lowest BCUT2D eigenvalue weighted by atomic mass is 10.2. The molecule has 0 saturated heterocycles. The van der Waals surface area contributed by atoms with Crippen LogP contribution >= 0.6 is 0 Å². The van der Waals surface area contributed by atoms with Gasteiger partial charge in [0.05, 0.1) is 22.9 Å². The lowest BCUT2D eigenvalue weighted by molar-refractivity contribution is 0.949. The molecule has 0 spiro atoms. The van der Waals surface area contributed by atoms with E-state index in [1.807, 2.05) is 36.3 Å². The predicted molar refractivity (Wildman–Crippen MR) is 56.0 cm³/mol. The molecule has 3 nitrogen and oxygen atoms in total. The second-order valence-corrected chi connectivity index (χ2v) is 3.36. The Morgan fingerprint density at radius 1 is 1.14 bits per heavy atom. The molecule has 0 N–H and O–H groups in total. The highest BCUT2D eigenvalue weighted by Gasteiger charge is 2.04. The van der Waals surface area contributed by atoms with Crippen molar-refractivity contribution in [2.75, 3.05) is 0 Å². The smallest absolute Gasteiger partial charge is 0.0961 e. The maximum Gasteiger partial charge on any atom is 0.0961 e. The molecular weight excluding hydrogens is 174 g/mol. The van der Waals surface area contributed by atoms with E-state index in [0.717, 1.165) is 21.9 Å². The first-order valence-electron chi connectivity index (χ1n) is 4.51. The standard InChI is InChI=1S/C11H9N3/c1-14-7-13-9-5-4-8-3-2-6-12-10(8)11(9)14/h2-7H,1H3. The topological polar surface area (TPSA) is 30.7 Å². The van der Waals surface area contributed by atoms with Gasteiger partial charge in [0.25, 0.3) is 0 Å². The Balaban J connectivity index is 2.65. The highest BCUT2D eigenvalue weighted by Crippen LogP contribution is 2.21. The fourth-order valence-corrected chi connectivity index (χ4v) is 1.78. The Bertz CT molecular complexity index is 610. The monoisotopic (exact) mass is 183 g/mol. The zero-order chi connectivity index (χ0) is 9.54. The minimum atomic E-state index is 0.999. The second kappa shape index (κ2) is 2.54. The van der Waals surface area contributed by atoms with E-state index in [9.17, 15) is 0 Å². The number of aromatic nitrogens is 3. The minimum Gasteiger partial charge on any atom is -0.332 e. The molecule has 0 aliphatic rings. The minimum absolute atomic E-state index is 0.999. The summed E-state index contributed by atoms with van der Waals surface area (Å²) in [5.74, 6) is 0. The van der Waals surface area contributed by atoms with Gasteiger partial charge in [0.15, 0.2) is 0 Å². The molecule has 0 atom stereocenters. The van der Waals surface area contributed by atoms with E-state index in [2.05, 4.69) is 22.1 Å². The number of hydrogen-bond acceptors (Lipinski definition) is 2. The van der Waals surface area contributed by atoms with Gasteiger partial charge in [0, 0.05) is 18.6 Å². The van der Waals surface area contributed by atoms with Crippen LogP contribution in [0.4, 0.5) is 0 Å². The number of imidazole rings is 1. The summed E-state index contributed by atoms with van der Waals surface area (Å²) in [4.78, 5) is 8.67. The van der Waals surface area contributed by atoms with Crippen LogP contribution in [0.3, 0.4) is 0 Å². The van der Waals surface area contributed by atoms with E-state index in [4.69, 9.17) is 0 Å². The number of pyridine rings is 1. The highest BCUT2D eigenvalue weighted by molar-refractivity contribution is 6.01. The van der Waals surface area contributed by atoms with Crippen molar-refractivity contribution in [1.82, 2.24) is 14.5 Å². The lowest BCUT2D eigenvalue weighted by Crippen LogP contribution is -1.87. The number of rotatable bonds is 0. The molecule has 0 amide bonds. The first kappa shape index (κ1) is 7.50. The van der Waals surface area contributed by atoms with E-state index < -0.39 is 0 Å². The maximum atomic E-state index is 4.38. The largest absolute Gasteiger partial charge is 0.332 e. The molecule has 68 valence electrons. The Hall–Kier alpha value is -1.90. The molecule has 0 aliphatic carbocycles. The predicted octanol–water partition coefficient (Wildman–Crippen LogP) is 2.12. The Morgan fingerprint density at radius 3 is 3.00 bits per heavy atom. The van der Waals surface area contributed by atoms with Crippen molar-refractivity contribution in [3.8, 4) is 0 Å². The van der Waals surface area contributed by atoms with Crippen molar-refractivity contribution in [3.63, 3.8) is 0 Å². The van der Waals surface area contributed by atoms with Crippen molar-refractivity contribution < 1.29 is 0 Å². The molecule has 0 saturated carbocycles. The summed E-state index contributed by atoms with van der Waals surface area (Å²) in [7, 11) is 1.99. The number of nitrogens with zero attached hydrogens (tertiary/aromatic N) is 3. The average Bonchev–Trinajstić information content (AvgIpc) is 2.61. The quantitative estimate of drug-likeness (QED) is 0.534. The molecule has 2 aromatic heterocycles. The van der Waals surface area contributed by atoms with E-state index in [0.29, 0.717) is 0 Å². The first-order valence-corrected chi connectivity index (χ1v) is 4.51. The van der Waals surface area contributed by atoms with Crippen LogP contribution in [-0.2, 0) is 7.05 Å². The van der Waals surface area contributed by atoms with E-state index >= 15 is 0 Å². The lowest BCUT2D eigenvalue weighted by Gasteiger charge is -1.99. The van der Waals surface area contributed by atoms with Crippen molar-refractivity contribution in [2.24, 2.45) is 7.05 Å². The molecule has 3 aromatic rings. The van der Waals surface area contributed by atoms with Gasteiger partial charge in [-0.2, -0.15) is 0 Å². The van der Waals surface area contributed by atoms with Crippen molar-refractivity contribution in [1.29, 1.82) is 0 Å². The van der Waals surface area contributed by atoms with E-state index in [-0.39, 0.29) is 0 Å². The molecule has 14 heavy (non-hydrogen) atoms. The Kier molecular flexibility index (Phi) is 1.36. The van der Waals surface area contributed by atoms with Crippen molar-refractivity contribution in [2.45, 2.75) is 0 Å². The van der Waals surface area contributed by atoms with Crippen LogP contribution in [0, 0.1) is 0 Å². The molecule has 3 heteroatoms. The molecule has 3 rings (SSSR count). The van der Waals surface area contributed by atoms with Gasteiger partial charge in [-0.25, -0.2) is 4.98 Å². The summed E-state index contributed by atoms with van der Waals surface area (Å²) in [6.07, 6.45) is 3.63. The van der Waals surface area contributed by atoms with Crippen LogP contribution in [0.5, 0.6) is 0 Å². The fraction of sp³-hybridized carbons (Fsp3) is 0.0909. The number of aryl methyl sites for hydroxylation is 1. The molecule has 0 radical (unpaired) electrons. The SMILES string of the molecule is Cn1cnc2ccc3cccnc3c21. The van der Waals surface area contributed by atoms with Crippen LogP contribution in [-0.4, -0.2) is 14.5 Å².